The van der Waals surface area contributed by atoms with Gasteiger partial charge < -0.3 is 14.2 Å². The summed E-state index contributed by atoms with van der Waals surface area (Å²) in [5.41, 5.74) is 8.69. The van der Waals surface area contributed by atoms with Crippen molar-refractivity contribution < 1.29 is 32.3 Å². The number of pyridine rings is 1. The van der Waals surface area contributed by atoms with E-state index in [1.54, 1.807) is 30.3 Å². The second-order valence-corrected chi connectivity index (χ2v) is 10.1. The number of phosphoric ester groups is 1. The number of nitrogen functional groups attached to an aromatic ring is 1. The molecule has 33 heavy (non-hydrogen) atoms. The molecule has 3 heterocycles. The predicted molar refractivity (Wildman–Crippen MR) is 122 cm³/mol. The average Bonchev–Trinajstić information content (AvgIpc) is 3.28. The fourth-order valence-electron chi connectivity index (χ4n) is 3.26. The number of hydrogen-bond acceptors (Lipinski definition) is 9. The zero-order chi connectivity index (χ0) is 23.3. The first-order valence-corrected chi connectivity index (χ1v) is 12.6. The second-order valence-electron chi connectivity index (χ2n) is 7.32. The Morgan fingerprint density at radius 1 is 1.27 bits per heavy atom. The molecule has 0 spiro atoms. The number of anilines is 1. The van der Waals surface area contributed by atoms with Crippen molar-refractivity contribution in [3.8, 4) is 11.3 Å². The molecule has 3 aromatic rings. The van der Waals surface area contributed by atoms with Crippen molar-refractivity contribution >= 4 is 25.6 Å². The van der Waals surface area contributed by atoms with E-state index in [1.807, 2.05) is 6.07 Å². The van der Waals surface area contributed by atoms with Crippen LogP contribution in [0, 0.1) is 0 Å². The average molecular weight is 494 g/mol. The number of aromatic nitrogens is 2. The molecule has 0 saturated carbocycles. The Kier molecular flexibility index (Phi) is 7.82. The Morgan fingerprint density at radius 2 is 2.03 bits per heavy atom. The lowest BCUT2D eigenvalue weighted by Gasteiger charge is -2.25. The zero-order valence-corrected chi connectivity index (χ0v) is 19.8. The van der Waals surface area contributed by atoms with Gasteiger partial charge in [0.2, 0.25) is 6.73 Å². The number of morpholine rings is 1. The molecule has 0 radical (unpaired) electrons. The number of ether oxygens (including phenoxy) is 1. The zero-order valence-electron chi connectivity index (χ0n) is 18.1. The Morgan fingerprint density at radius 3 is 2.76 bits per heavy atom. The van der Waals surface area contributed by atoms with Gasteiger partial charge in [0.05, 0.1) is 25.1 Å². The maximum absolute atomic E-state index is 11.5. The van der Waals surface area contributed by atoms with Crippen LogP contribution in [0.1, 0.15) is 11.3 Å². The van der Waals surface area contributed by atoms with Crippen LogP contribution in [0.2, 0.25) is 0 Å². The summed E-state index contributed by atoms with van der Waals surface area (Å²) in [6.07, 6.45) is 2.24. The smallest absolute Gasteiger partial charge is 0.379 e. The van der Waals surface area contributed by atoms with Gasteiger partial charge in [0.25, 0.3) is 5.82 Å². The minimum absolute atomic E-state index is 0.253. The lowest BCUT2D eigenvalue weighted by atomic mass is 10.1. The highest BCUT2D eigenvalue weighted by Crippen LogP contribution is 2.41. The quantitative estimate of drug-likeness (QED) is 0.261. The first kappa shape index (κ1) is 23.9. The summed E-state index contributed by atoms with van der Waals surface area (Å²) in [7, 11) is -3.02. The van der Waals surface area contributed by atoms with Crippen LogP contribution in [0.5, 0.6) is 0 Å². The van der Waals surface area contributed by atoms with E-state index in [2.05, 4.69) is 38.3 Å². The molecule has 3 N–H and O–H groups in total. The summed E-state index contributed by atoms with van der Waals surface area (Å²) in [5.74, 6) is 0.802. The van der Waals surface area contributed by atoms with Crippen molar-refractivity contribution in [3.05, 3.63) is 59.9 Å². The van der Waals surface area contributed by atoms with E-state index in [0.717, 1.165) is 44.7 Å². The van der Waals surface area contributed by atoms with E-state index < -0.39 is 7.82 Å². The molecule has 1 fully saturated rings. The molecular formula is C21H26N4O6PS+. The van der Waals surface area contributed by atoms with Gasteiger partial charge in [0, 0.05) is 37.6 Å². The summed E-state index contributed by atoms with van der Waals surface area (Å²) >= 11 is 1.74. The molecular weight excluding hydrogens is 467 g/mol. The standard InChI is InChI=1S/C21H25N4O6PS/c1-28-32(26,27)30-15-24-8-2-3-19(21(24)22)20-14-17(23-31-20)13-16-4-6-18(7-5-16)33-25-9-11-29-12-10-25/h2-8,14,22H,9-13,15H2,1H3,(H,26,27)/p+1. The molecule has 0 bridgehead atoms. The van der Waals surface area contributed by atoms with Crippen LogP contribution in [0.25, 0.3) is 11.3 Å². The van der Waals surface area contributed by atoms with Gasteiger partial charge >= 0.3 is 7.82 Å². The number of benzene rings is 1. The molecule has 176 valence electrons. The Bertz CT molecular complexity index is 1120. The summed E-state index contributed by atoms with van der Waals surface area (Å²) in [4.78, 5) is 10.6. The maximum atomic E-state index is 11.5. The van der Waals surface area contributed by atoms with Gasteiger partial charge in [-0.05, 0) is 41.8 Å². The molecule has 12 heteroatoms. The van der Waals surface area contributed by atoms with Crippen LogP contribution in [0.3, 0.4) is 0 Å². The third-order valence-electron chi connectivity index (χ3n) is 5.04. The van der Waals surface area contributed by atoms with Crippen LogP contribution in [-0.4, -0.2) is 47.8 Å². The molecule has 1 unspecified atom stereocenters. The van der Waals surface area contributed by atoms with Crippen molar-refractivity contribution in [1.29, 1.82) is 0 Å². The summed E-state index contributed by atoms with van der Waals surface area (Å²) in [5, 5.41) is 4.17. The van der Waals surface area contributed by atoms with Crippen molar-refractivity contribution in [2.24, 2.45) is 0 Å². The molecule has 10 nitrogen and oxygen atoms in total. The third-order valence-corrected chi connectivity index (χ3v) is 7.05. The van der Waals surface area contributed by atoms with Gasteiger partial charge in [-0.2, -0.15) is 0 Å². The number of rotatable bonds is 9. The largest absolute Gasteiger partial charge is 0.475 e. The van der Waals surface area contributed by atoms with Gasteiger partial charge in [0.1, 0.15) is 5.56 Å². The topological polar surface area (TPSA) is 124 Å². The van der Waals surface area contributed by atoms with Crippen molar-refractivity contribution in [3.63, 3.8) is 0 Å². The van der Waals surface area contributed by atoms with E-state index in [4.69, 9.17) is 19.5 Å². The van der Waals surface area contributed by atoms with Crippen LogP contribution in [-0.2, 0) is 31.5 Å². The Labute approximate surface area is 196 Å². The van der Waals surface area contributed by atoms with Crippen molar-refractivity contribution in [2.45, 2.75) is 18.0 Å². The molecule has 1 aromatic carbocycles. The summed E-state index contributed by atoms with van der Waals surface area (Å²) in [6, 6.07) is 13.7. The number of nitrogens with two attached hydrogens (primary N) is 1. The lowest BCUT2D eigenvalue weighted by Crippen LogP contribution is -2.38. The molecule has 4 rings (SSSR count). The van der Waals surface area contributed by atoms with Gasteiger partial charge in [-0.15, -0.1) is 0 Å². The summed E-state index contributed by atoms with van der Waals surface area (Å²) in [6.45, 7) is 3.14. The van der Waals surface area contributed by atoms with E-state index in [0.29, 0.717) is 23.6 Å². The highest BCUT2D eigenvalue weighted by atomic mass is 32.2. The molecule has 0 aliphatic carbocycles. The number of nitrogens with zero attached hydrogens (tertiary/aromatic N) is 3. The van der Waals surface area contributed by atoms with Crippen molar-refractivity contribution in [2.75, 3.05) is 39.1 Å². The van der Waals surface area contributed by atoms with Gasteiger partial charge in [-0.3, -0.25) is 10.3 Å². The van der Waals surface area contributed by atoms with Gasteiger partial charge in [0.15, 0.2) is 5.76 Å². The highest BCUT2D eigenvalue weighted by molar-refractivity contribution is 7.97. The SMILES string of the molecule is COP(=O)(O)OC[n+]1cccc(-c2cc(Cc3ccc(SN4CCOCC4)cc3)no2)c1N. The predicted octanol–water partition coefficient (Wildman–Crippen LogP) is 2.86. The van der Waals surface area contributed by atoms with Crippen LogP contribution < -0.4 is 10.3 Å². The first-order chi connectivity index (χ1) is 15.9. The minimum Gasteiger partial charge on any atom is -0.379 e. The Hall–Kier alpha value is -2.24. The monoisotopic (exact) mass is 493 g/mol. The van der Waals surface area contributed by atoms with Crippen LogP contribution in [0.4, 0.5) is 5.82 Å². The normalized spacial score (nSPS) is 16.5. The maximum Gasteiger partial charge on any atom is 0.475 e. The molecule has 1 aliphatic heterocycles. The molecule has 1 saturated heterocycles. The number of phosphoric acid groups is 1. The fourth-order valence-corrected chi connectivity index (χ4v) is 4.52. The Balaban J connectivity index is 1.41. The second kappa shape index (κ2) is 10.8. The van der Waals surface area contributed by atoms with E-state index in [9.17, 15) is 9.46 Å². The van der Waals surface area contributed by atoms with E-state index in [-0.39, 0.29) is 6.73 Å². The first-order valence-electron chi connectivity index (χ1n) is 10.3. The van der Waals surface area contributed by atoms with Gasteiger partial charge in [-0.1, -0.05) is 17.3 Å². The molecule has 2 aromatic heterocycles. The number of hydrogen-bond donors (Lipinski definition) is 2. The highest BCUT2D eigenvalue weighted by Gasteiger charge is 2.22. The molecule has 1 atom stereocenters. The van der Waals surface area contributed by atoms with E-state index in [1.165, 1.54) is 9.46 Å². The van der Waals surface area contributed by atoms with E-state index >= 15 is 0 Å². The van der Waals surface area contributed by atoms with Crippen LogP contribution >= 0.6 is 19.8 Å². The van der Waals surface area contributed by atoms with Crippen LogP contribution in [0.15, 0.2) is 58.1 Å². The van der Waals surface area contributed by atoms with Gasteiger partial charge in [-0.25, -0.2) is 18.0 Å². The third kappa shape index (κ3) is 6.42. The lowest BCUT2D eigenvalue weighted by molar-refractivity contribution is -0.711. The molecule has 1 aliphatic rings. The summed E-state index contributed by atoms with van der Waals surface area (Å²) < 4.78 is 35.5. The minimum atomic E-state index is -4.12. The molecule has 0 amide bonds. The van der Waals surface area contributed by atoms with Crippen molar-refractivity contribution in [1.82, 2.24) is 9.46 Å². The fraction of sp³-hybridized carbons (Fsp3) is 0.333.